The molecule has 2 rings (SSSR count). The molecule has 1 aromatic carbocycles. The Balaban J connectivity index is 2.82. The summed E-state index contributed by atoms with van der Waals surface area (Å²) >= 11 is 3.22. The number of aliphatic hydroxyl groups is 1. The lowest BCUT2D eigenvalue weighted by Gasteiger charge is -2.36. The van der Waals surface area contributed by atoms with Crippen LogP contribution in [0.15, 0.2) is 40.1 Å². The van der Waals surface area contributed by atoms with E-state index in [0.29, 0.717) is 9.37 Å². The molecule has 1 aliphatic rings. The fraction of sp³-hybridized carbons (Fsp3) is 0.200. The van der Waals surface area contributed by atoms with Crippen LogP contribution in [0.25, 0.3) is 0 Å². The van der Waals surface area contributed by atoms with E-state index in [4.69, 9.17) is 5.73 Å². The van der Waals surface area contributed by atoms with Crippen LogP contribution >= 0.6 is 15.9 Å². The first kappa shape index (κ1) is 19.2. The minimum atomic E-state index is -2.54. The molecule has 0 bridgehead atoms. The number of hydrogen-bond donors (Lipinski definition) is 3. The highest BCUT2D eigenvalue weighted by Crippen LogP contribution is 2.39. The third kappa shape index (κ3) is 2.86. The normalized spacial score (nSPS) is 19.3. The minimum Gasteiger partial charge on any atom is -0.503 e. The van der Waals surface area contributed by atoms with Gasteiger partial charge in [0, 0.05) is 10.2 Å². The highest BCUT2D eigenvalue weighted by atomic mass is 79.9. The van der Waals surface area contributed by atoms with Gasteiger partial charge in [-0.05, 0) is 24.3 Å². The number of nitrogens with zero attached hydrogens (tertiary/aromatic N) is 1. The molecule has 1 atom stereocenters. The minimum absolute atomic E-state index is 0.0720. The zero-order valence-corrected chi connectivity index (χ0v) is 15.2. The van der Waals surface area contributed by atoms with E-state index >= 15 is 0 Å². The van der Waals surface area contributed by atoms with Gasteiger partial charge in [0.15, 0.2) is 5.76 Å². The second kappa shape index (κ2) is 7.04. The maximum atomic E-state index is 12.6. The van der Waals surface area contributed by atoms with Crippen LogP contribution < -0.4 is 16.0 Å². The molecule has 11 heteroatoms. The molecule has 138 valence electrons. The second-order valence-corrected chi connectivity index (χ2v) is 5.94. The van der Waals surface area contributed by atoms with Crippen LogP contribution in [0.3, 0.4) is 0 Å². The molecule has 0 aromatic heterocycles. The number of methoxy groups -OCH3 is 2. The molecule has 0 aliphatic carbocycles. The van der Waals surface area contributed by atoms with E-state index in [1.165, 1.54) is 12.1 Å². The fourth-order valence-corrected chi connectivity index (χ4v) is 2.85. The highest BCUT2D eigenvalue weighted by Gasteiger charge is 2.63. The lowest BCUT2D eigenvalue weighted by atomic mass is 9.99. The van der Waals surface area contributed by atoms with Gasteiger partial charge in [0.25, 0.3) is 11.6 Å². The van der Waals surface area contributed by atoms with Crippen LogP contribution in [0.2, 0.25) is 0 Å². The number of rotatable bonds is 4. The second-order valence-electron chi connectivity index (χ2n) is 5.02. The van der Waals surface area contributed by atoms with E-state index in [-0.39, 0.29) is 5.69 Å². The number of benzene rings is 1. The number of anilines is 1. The third-order valence-corrected chi connectivity index (χ3v) is 4.13. The Morgan fingerprint density at radius 2 is 1.77 bits per heavy atom. The van der Waals surface area contributed by atoms with Gasteiger partial charge in [0.05, 0.1) is 14.2 Å². The first-order valence-corrected chi connectivity index (χ1v) is 7.78. The van der Waals surface area contributed by atoms with E-state index in [1.54, 1.807) is 12.1 Å². The smallest absolute Gasteiger partial charge is 0.358 e. The van der Waals surface area contributed by atoms with Crippen molar-refractivity contribution in [1.29, 1.82) is 0 Å². The van der Waals surface area contributed by atoms with Crippen molar-refractivity contribution >= 4 is 45.5 Å². The summed E-state index contributed by atoms with van der Waals surface area (Å²) in [5.41, 5.74) is 1.86. The molecule has 1 heterocycles. The standard InChI is InChI=1S/C15H14BrN3O7/c1-25-12(22)9-10(20)11(21)19(8-5-3-7(16)4-6-8)15(9,13(23)26-2)18-14(17)24/h3-6,20H,1-2H3,(H3,17,18,24). The van der Waals surface area contributed by atoms with Crippen molar-refractivity contribution in [2.75, 3.05) is 19.1 Å². The Morgan fingerprint density at radius 1 is 1.19 bits per heavy atom. The lowest BCUT2D eigenvalue weighted by Crippen LogP contribution is -2.67. The Kier molecular flexibility index (Phi) is 5.21. The van der Waals surface area contributed by atoms with Crippen molar-refractivity contribution in [2.45, 2.75) is 5.66 Å². The zero-order chi connectivity index (χ0) is 19.6. The van der Waals surface area contributed by atoms with Gasteiger partial charge in [-0.3, -0.25) is 9.69 Å². The van der Waals surface area contributed by atoms with E-state index in [9.17, 15) is 24.3 Å². The molecule has 1 unspecified atom stereocenters. The Hall–Kier alpha value is -3.08. The average Bonchev–Trinajstić information content (AvgIpc) is 2.82. The van der Waals surface area contributed by atoms with Crippen molar-refractivity contribution in [3.05, 3.63) is 40.1 Å². The average molecular weight is 428 g/mol. The fourth-order valence-electron chi connectivity index (χ4n) is 2.58. The molecular formula is C15H14BrN3O7. The van der Waals surface area contributed by atoms with Crippen molar-refractivity contribution in [3.8, 4) is 0 Å². The predicted molar refractivity (Wildman–Crippen MR) is 90.8 cm³/mol. The zero-order valence-electron chi connectivity index (χ0n) is 13.6. The maximum absolute atomic E-state index is 12.6. The number of nitrogens with two attached hydrogens (primary N) is 1. The summed E-state index contributed by atoms with van der Waals surface area (Å²) in [6.07, 6.45) is 0. The van der Waals surface area contributed by atoms with E-state index in [1.807, 2.05) is 5.32 Å². The summed E-state index contributed by atoms with van der Waals surface area (Å²) in [5, 5.41) is 12.3. The molecule has 3 amide bonds. The largest absolute Gasteiger partial charge is 0.503 e. The summed E-state index contributed by atoms with van der Waals surface area (Å²) in [6.45, 7) is 0. The summed E-state index contributed by atoms with van der Waals surface area (Å²) in [6, 6.07) is 4.66. The van der Waals surface area contributed by atoms with Crippen molar-refractivity contribution < 1.29 is 33.8 Å². The number of aliphatic hydroxyl groups excluding tert-OH is 1. The highest BCUT2D eigenvalue weighted by molar-refractivity contribution is 9.10. The number of nitrogens with one attached hydrogen (secondary N) is 1. The number of esters is 2. The molecule has 0 saturated carbocycles. The van der Waals surface area contributed by atoms with Crippen LogP contribution in [-0.4, -0.2) is 48.9 Å². The number of hydrogen-bond acceptors (Lipinski definition) is 7. The van der Waals surface area contributed by atoms with Crippen LogP contribution in [0.5, 0.6) is 0 Å². The van der Waals surface area contributed by atoms with Crippen molar-refractivity contribution in [2.24, 2.45) is 5.73 Å². The van der Waals surface area contributed by atoms with Crippen LogP contribution in [0, 0.1) is 0 Å². The molecule has 26 heavy (non-hydrogen) atoms. The first-order chi connectivity index (χ1) is 12.2. The number of urea groups is 1. The van der Waals surface area contributed by atoms with Gasteiger partial charge in [-0.2, -0.15) is 0 Å². The van der Waals surface area contributed by atoms with Gasteiger partial charge in [0.1, 0.15) is 5.57 Å². The van der Waals surface area contributed by atoms with E-state index in [0.717, 1.165) is 14.2 Å². The topological polar surface area (TPSA) is 148 Å². The molecule has 10 nitrogen and oxygen atoms in total. The van der Waals surface area contributed by atoms with Crippen molar-refractivity contribution in [1.82, 2.24) is 5.32 Å². The van der Waals surface area contributed by atoms with Crippen LogP contribution in [-0.2, 0) is 23.9 Å². The van der Waals surface area contributed by atoms with Gasteiger partial charge < -0.3 is 25.6 Å². The molecule has 0 spiro atoms. The number of primary amides is 1. The van der Waals surface area contributed by atoms with Gasteiger partial charge in [-0.15, -0.1) is 0 Å². The third-order valence-electron chi connectivity index (χ3n) is 3.60. The molecule has 0 saturated heterocycles. The molecule has 1 aliphatic heterocycles. The van der Waals surface area contributed by atoms with Crippen LogP contribution in [0.1, 0.15) is 0 Å². The predicted octanol–water partition coefficient (Wildman–Crippen LogP) is 0.318. The van der Waals surface area contributed by atoms with Gasteiger partial charge in [0.2, 0.25) is 0 Å². The van der Waals surface area contributed by atoms with Gasteiger partial charge in [-0.25, -0.2) is 14.4 Å². The quantitative estimate of drug-likeness (QED) is 0.585. The van der Waals surface area contributed by atoms with E-state index < -0.39 is 40.9 Å². The summed E-state index contributed by atoms with van der Waals surface area (Å²) < 4.78 is 9.87. The lowest BCUT2D eigenvalue weighted by molar-refractivity contribution is -0.149. The van der Waals surface area contributed by atoms with Gasteiger partial charge >= 0.3 is 18.0 Å². The summed E-state index contributed by atoms with van der Waals surface area (Å²) in [4.78, 5) is 49.7. The van der Waals surface area contributed by atoms with Gasteiger partial charge in [-0.1, -0.05) is 15.9 Å². The number of halogens is 1. The number of carbonyl (C=O) groups is 4. The maximum Gasteiger partial charge on any atom is 0.358 e. The molecule has 0 radical (unpaired) electrons. The molecule has 0 fully saturated rings. The molecule has 1 aromatic rings. The SMILES string of the molecule is COC(=O)C1=C(O)C(=O)N(c2ccc(Br)cc2)C1(NC(N)=O)C(=O)OC. The molecular weight excluding hydrogens is 414 g/mol. The first-order valence-electron chi connectivity index (χ1n) is 6.98. The summed E-state index contributed by atoms with van der Waals surface area (Å²) in [7, 11) is 1.95. The number of ether oxygens (including phenoxy) is 2. The van der Waals surface area contributed by atoms with E-state index in [2.05, 4.69) is 25.4 Å². The van der Waals surface area contributed by atoms with Crippen molar-refractivity contribution in [3.63, 3.8) is 0 Å². The monoisotopic (exact) mass is 427 g/mol. The number of carbonyl (C=O) groups excluding carboxylic acids is 4. The van der Waals surface area contributed by atoms with Crippen LogP contribution in [0.4, 0.5) is 10.5 Å². The Labute approximate surface area is 155 Å². The summed E-state index contributed by atoms with van der Waals surface area (Å²) in [5.74, 6) is -4.68. The Morgan fingerprint density at radius 3 is 2.23 bits per heavy atom. The Bertz CT molecular complexity index is 821. The molecule has 4 N–H and O–H groups in total. The number of amides is 3.